The third-order valence-corrected chi connectivity index (χ3v) is 2.71. The molecule has 1 aliphatic heterocycles. The fourth-order valence-corrected chi connectivity index (χ4v) is 1.89. The van der Waals surface area contributed by atoms with Crippen molar-refractivity contribution in [3.8, 4) is 0 Å². The van der Waals surface area contributed by atoms with E-state index in [2.05, 4.69) is 0 Å². The molecule has 1 aromatic carbocycles. The first-order chi connectivity index (χ1) is 7.66. The molecular formula is C12H12NO3-. The van der Waals surface area contributed by atoms with Crippen molar-refractivity contribution >= 4 is 11.9 Å². The zero-order valence-corrected chi connectivity index (χ0v) is 8.81. The van der Waals surface area contributed by atoms with E-state index in [-0.39, 0.29) is 11.5 Å². The maximum Gasteiger partial charge on any atom is 0.222 e. The zero-order chi connectivity index (χ0) is 11.5. The molecule has 1 aliphatic rings. The summed E-state index contributed by atoms with van der Waals surface area (Å²) in [7, 11) is 0. The van der Waals surface area contributed by atoms with Crippen molar-refractivity contribution in [3.63, 3.8) is 0 Å². The maximum absolute atomic E-state index is 11.4. The van der Waals surface area contributed by atoms with Gasteiger partial charge in [0.15, 0.2) is 0 Å². The number of carboxylic acid groups (broad SMARTS) is 1. The highest BCUT2D eigenvalue weighted by atomic mass is 16.4. The Bertz CT molecular complexity index is 428. The third kappa shape index (κ3) is 2.21. The van der Waals surface area contributed by atoms with E-state index in [1.807, 2.05) is 6.07 Å². The van der Waals surface area contributed by atoms with Gasteiger partial charge in [-0.25, -0.2) is 0 Å². The van der Waals surface area contributed by atoms with Crippen LogP contribution in [0.1, 0.15) is 28.8 Å². The Morgan fingerprint density at radius 2 is 2.25 bits per heavy atom. The molecule has 1 heterocycles. The van der Waals surface area contributed by atoms with Crippen LogP contribution in [0.15, 0.2) is 24.3 Å². The molecule has 1 fully saturated rings. The minimum Gasteiger partial charge on any atom is -0.545 e. The minimum atomic E-state index is -1.19. The summed E-state index contributed by atoms with van der Waals surface area (Å²) < 4.78 is 0. The first kappa shape index (κ1) is 10.7. The van der Waals surface area contributed by atoms with Crippen LogP contribution in [0, 0.1) is 0 Å². The van der Waals surface area contributed by atoms with E-state index in [1.165, 1.54) is 6.07 Å². The molecule has 1 saturated heterocycles. The van der Waals surface area contributed by atoms with Gasteiger partial charge in [0.05, 0.1) is 5.97 Å². The molecule has 0 N–H and O–H groups in total. The second-order valence-corrected chi connectivity index (χ2v) is 3.91. The average molecular weight is 218 g/mol. The number of rotatable bonds is 3. The molecule has 84 valence electrons. The van der Waals surface area contributed by atoms with Crippen molar-refractivity contribution in [1.29, 1.82) is 0 Å². The lowest BCUT2D eigenvalue weighted by atomic mass is 10.1. The van der Waals surface area contributed by atoms with E-state index in [9.17, 15) is 14.7 Å². The number of amides is 1. The van der Waals surface area contributed by atoms with Gasteiger partial charge in [0.25, 0.3) is 0 Å². The SMILES string of the molecule is O=C([O-])c1cccc(CN2CCCC2=O)c1. The Hall–Kier alpha value is -1.84. The van der Waals surface area contributed by atoms with Crippen LogP contribution in [0.4, 0.5) is 0 Å². The first-order valence-corrected chi connectivity index (χ1v) is 5.25. The summed E-state index contributed by atoms with van der Waals surface area (Å²) >= 11 is 0. The van der Waals surface area contributed by atoms with Gasteiger partial charge in [0.2, 0.25) is 5.91 Å². The fraction of sp³-hybridized carbons (Fsp3) is 0.333. The number of benzene rings is 1. The van der Waals surface area contributed by atoms with Crippen molar-refractivity contribution in [3.05, 3.63) is 35.4 Å². The summed E-state index contributed by atoms with van der Waals surface area (Å²) in [6, 6.07) is 6.53. The van der Waals surface area contributed by atoms with Gasteiger partial charge in [-0.2, -0.15) is 0 Å². The summed E-state index contributed by atoms with van der Waals surface area (Å²) in [5.41, 5.74) is 0.987. The van der Waals surface area contributed by atoms with Crippen molar-refractivity contribution in [2.24, 2.45) is 0 Å². The summed E-state index contributed by atoms with van der Waals surface area (Å²) in [5, 5.41) is 10.7. The van der Waals surface area contributed by atoms with Gasteiger partial charge >= 0.3 is 0 Å². The largest absolute Gasteiger partial charge is 0.545 e. The van der Waals surface area contributed by atoms with Crippen molar-refractivity contribution in [2.45, 2.75) is 19.4 Å². The zero-order valence-electron chi connectivity index (χ0n) is 8.81. The normalized spacial score (nSPS) is 15.5. The number of hydrogen-bond acceptors (Lipinski definition) is 3. The van der Waals surface area contributed by atoms with E-state index >= 15 is 0 Å². The van der Waals surface area contributed by atoms with Gasteiger partial charge in [0, 0.05) is 19.5 Å². The van der Waals surface area contributed by atoms with E-state index in [0.717, 1.165) is 18.5 Å². The highest BCUT2D eigenvalue weighted by Crippen LogP contribution is 2.14. The van der Waals surface area contributed by atoms with Crippen LogP contribution in [0.3, 0.4) is 0 Å². The van der Waals surface area contributed by atoms with E-state index < -0.39 is 5.97 Å². The number of carbonyl (C=O) groups excluding carboxylic acids is 2. The molecule has 1 amide bonds. The van der Waals surface area contributed by atoms with Crippen LogP contribution < -0.4 is 5.11 Å². The lowest BCUT2D eigenvalue weighted by Crippen LogP contribution is -2.25. The summed E-state index contributed by atoms with van der Waals surface area (Å²) in [4.78, 5) is 23.8. The van der Waals surface area contributed by atoms with E-state index in [4.69, 9.17) is 0 Å². The van der Waals surface area contributed by atoms with Gasteiger partial charge in [-0.05, 0) is 23.6 Å². The molecule has 2 rings (SSSR count). The quantitative estimate of drug-likeness (QED) is 0.726. The molecule has 0 bridgehead atoms. The van der Waals surface area contributed by atoms with Gasteiger partial charge in [-0.3, -0.25) is 4.79 Å². The maximum atomic E-state index is 11.4. The van der Waals surface area contributed by atoms with Crippen LogP contribution >= 0.6 is 0 Å². The number of carbonyl (C=O) groups is 2. The molecule has 0 unspecified atom stereocenters. The van der Waals surface area contributed by atoms with Crippen LogP contribution in [-0.2, 0) is 11.3 Å². The van der Waals surface area contributed by atoms with Gasteiger partial charge in [0.1, 0.15) is 0 Å². The van der Waals surface area contributed by atoms with Crippen molar-refractivity contribution < 1.29 is 14.7 Å². The molecular weight excluding hydrogens is 206 g/mol. The van der Waals surface area contributed by atoms with E-state index in [1.54, 1.807) is 17.0 Å². The number of hydrogen-bond donors (Lipinski definition) is 0. The Labute approximate surface area is 93.5 Å². The molecule has 16 heavy (non-hydrogen) atoms. The topological polar surface area (TPSA) is 60.4 Å². The van der Waals surface area contributed by atoms with Crippen molar-refractivity contribution in [2.75, 3.05) is 6.54 Å². The van der Waals surface area contributed by atoms with Crippen molar-refractivity contribution in [1.82, 2.24) is 4.90 Å². The second-order valence-electron chi connectivity index (χ2n) is 3.91. The predicted molar refractivity (Wildman–Crippen MR) is 55.4 cm³/mol. The molecule has 4 heteroatoms. The monoisotopic (exact) mass is 218 g/mol. The highest BCUT2D eigenvalue weighted by molar-refractivity contribution is 5.86. The smallest absolute Gasteiger partial charge is 0.222 e. The Morgan fingerprint density at radius 3 is 2.88 bits per heavy atom. The van der Waals surface area contributed by atoms with Crippen LogP contribution in [-0.4, -0.2) is 23.3 Å². The van der Waals surface area contributed by atoms with Crippen LogP contribution in [0.2, 0.25) is 0 Å². The molecule has 0 spiro atoms. The number of nitrogens with zero attached hydrogens (tertiary/aromatic N) is 1. The fourth-order valence-electron chi connectivity index (χ4n) is 1.89. The van der Waals surface area contributed by atoms with Crippen LogP contribution in [0.5, 0.6) is 0 Å². The standard InChI is InChI=1S/C12H13NO3/c14-11-5-2-6-13(11)8-9-3-1-4-10(7-9)12(15)16/h1,3-4,7H,2,5-6,8H2,(H,15,16)/p-1. The first-order valence-electron chi connectivity index (χ1n) is 5.25. The molecule has 1 aromatic rings. The summed E-state index contributed by atoms with van der Waals surface area (Å²) in [5.74, 6) is -1.05. The molecule has 0 radical (unpaired) electrons. The molecule has 0 aromatic heterocycles. The number of carboxylic acids is 1. The Balaban J connectivity index is 2.12. The lowest BCUT2D eigenvalue weighted by molar-refractivity contribution is -0.255. The average Bonchev–Trinajstić information content (AvgIpc) is 2.65. The molecule has 0 atom stereocenters. The number of likely N-dealkylation sites (tertiary alicyclic amines) is 1. The molecule has 4 nitrogen and oxygen atoms in total. The highest BCUT2D eigenvalue weighted by Gasteiger charge is 2.19. The van der Waals surface area contributed by atoms with Gasteiger partial charge in [-0.15, -0.1) is 0 Å². The van der Waals surface area contributed by atoms with E-state index in [0.29, 0.717) is 13.0 Å². The predicted octanol–water partition coefficient (Wildman–Crippen LogP) is 0.172. The minimum absolute atomic E-state index is 0.138. The number of aromatic carboxylic acids is 1. The van der Waals surface area contributed by atoms with Gasteiger partial charge in [-0.1, -0.05) is 18.2 Å². The lowest BCUT2D eigenvalue weighted by Gasteiger charge is -2.16. The summed E-state index contributed by atoms with van der Waals surface area (Å²) in [6.07, 6.45) is 1.49. The van der Waals surface area contributed by atoms with Gasteiger partial charge < -0.3 is 14.8 Å². The molecule has 0 aliphatic carbocycles. The molecule has 0 saturated carbocycles. The van der Waals surface area contributed by atoms with Crippen LogP contribution in [0.25, 0.3) is 0 Å². The second kappa shape index (κ2) is 4.35. The third-order valence-electron chi connectivity index (χ3n) is 2.71. The Morgan fingerprint density at radius 1 is 1.44 bits per heavy atom. The Kier molecular flexibility index (Phi) is 2.90. The summed E-state index contributed by atoms with van der Waals surface area (Å²) in [6.45, 7) is 1.24.